The Kier molecular flexibility index (Phi) is 2.18. The second-order valence-corrected chi connectivity index (χ2v) is 4.68. The van der Waals surface area contributed by atoms with Crippen LogP contribution in [0.15, 0.2) is 77.4 Å². The predicted octanol–water partition coefficient (Wildman–Crippen LogP) is 5.25. The Hall–Kier alpha value is -2.54. The lowest BCUT2D eigenvalue weighted by Gasteiger charge is -2.08. The van der Waals surface area contributed by atoms with E-state index in [9.17, 15) is 0 Å². The Morgan fingerprint density at radius 1 is 0.684 bits per heavy atom. The molecule has 0 aliphatic rings. The van der Waals surface area contributed by atoms with Crippen molar-refractivity contribution in [2.75, 3.05) is 0 Å². The molecule has 0 saturated carbocycles. The van der Waals surface area contributed by atoms with E-state index in [4.69, 9.17) is 4.42 Å². The lowest BCUT2D eigenvalue weighted by atomic mass is 9.96. The van der Waals surface area contributed by atoms with Crippen LogP contribution in [-0.4, -0.2) is 0 Å². The molecule has 0 bridgehead atoms. The van der Waals surface area contributed by atoms with Crippen LogP contribution in [0, 0.1) is 0 Å². The lowest BCUT2D eigenvalue weighted by Crippen LogP contribution is -1.82. The number of furan rings is 1. The van der Waals surface area contributed by atoms with Crippen molar-refractivity contribution in [3.63, 3.8) is 0 Å². The average Bonchev–Trinajstić information content (AvgIpc) is 2.93. The van der Waals surface area contributed by atoms with Crippen molar-refractivity contribution in [3.8, 4) is 11.1 Å². The lowest BCUT2D eigenvalue weighted by molar-refractivity contribution is 0.617. The van der Waals surface area contributed by atoms with E-state index in [-0.39, 0.29) is 0 Å². The van der Waals surface area contributed by atoms with Gasteiger partial charge in [0, 0.05) is 10.9 Å². The smallest absolute Gasteiger partial charge is 0.142 e. The first-order chi connectivity index (χ1) is 9.43. The van der Waals surface area contributed by atoms with Gasteiger partial charge in [0.1, 0.15) is 5.58 Å². The van der Waals surface area contributed by atoms with Crippen LogP contribution in [0.5, 0.6) is 0 Å². The van der Waals surface area contributed by atoms with Crippen molar-refractivity contribution in [2.45, 2.75) is 0 Å². The van der Waals surface area contributed by atoms with E-state index in [1.54, 1.807) is 6.26 Å². The van der Waals surface area contributed by atoms with Gasteiger partial charge in [0.25, 0.3) is 0 Å². The van der Waals surface area contributed by atoms with Crippen LogP contribution in [0.2, 0.25) is 0 Å². The molecule has 0 fully saturated rings. The third-order valence-electron chi connectivity index (χ3n) is 3.53. The van der Waals surface area contributed by atoms with E-state index < -0.39 is 0 Å². The summed E-state index contributed by atoms with van der Waals surface area (Å²) in [5.41, 5.74) is 3.34. The van der Waals surface area contributed by atoms with Crippen molar-refractivity contribution in [3.05, 3.63) is 73.0 Å². The van der Waals surface area contributed by atoms with Crippen LogP contribution in [-0.2, 0) is 0 Å². The normalized spacial score (nSPS) is 11.2. The molecule has 0 spiro atoms. The van der Waals surface area contributed by atoms with E-state index in [0.29, 0.717) is 0 Å². The summed E-state index contributed by atoms with van der Waals surface area (Å²) in [6, 6.07) is 23.1. The number of rotatable bonds is 1. The topological polar surface area (TPSA) is 13.1 Å². The van der Waals surface area contributed by atoms with E-state index >= 15 is 0 Å². The second kappa shape index (κ2) is 3.99. The molecule has 0 aliphatic heterocycles. The number of fused-ring (bicyclic) bond motifs is 2. The highest BCUT2D eigenvalue weighted by Crippen LogP contribution is 2.36. The Bertz CT molecular complexity index is 857. The molecule has 0 atom stereocenters. The van der Waals surface area contributed by atoms with Crippen LogP contribution < -0.4 is 0 Å². The van der Waals surface area contributed by atoms with Crippen LogP contribution >= 0.6 is 0 Å². The van der Waals surface area contributed by atoms with Crippen molar-refractivity contribution < 1.29 is 4.42 Å². The summed E-state index contributed by atoms with van der Waals surface area (Å²) in [5.74, 6) is 0. The van der Waals surface area contributed by atoms with Crippen molar-refractivity contribution in [1.82, 2.24) is 0 Å². The van der Waals surface area contributed by atoms with Crippen LogP contribution in [0.25, 0.3) is 32.9 Å². The molecule has 90 valence electrons. The van der Waals surface area contributed by atoms with E-state index in [1.165, 1.54) is 21.9 Å². The molecular formula is C18H12O. The molecule has 0 N–H and O–H groups in total. The zero-order valence-corrected chi connectivity index (χ0v) is 10.3. The van der Waals surface area contributed by atoms with Gasteiger partial charge in [-0.1, -0.05) is 54.6 Å². The minimum absolute atomic E-state index is 0.963. The SMILES string of the molecule is c1ccc(-c2c3ccccc3cc3ccoc23)cc1. The molecule has 1 heteroatoms. The first-order valence-corrected chi connectivity index (χ1v) is 6.38. The van der Waals surface area contributed by atoms with Crippen LogP contribution in [0.1, 0.15) is 0 Å². The maximum Gasteiger partial charge on any atom is 0.142 e. The molecule has 3 aromatic carbocycles. The molecule has 1 aromatic heterocycles. The Labute approximate surface area is 111 Å². The van der Waals surface area contributed by atoms with Crippen LogP contribution in [0.3, 0.4) is 0 Å². The summed E-state index contributed by atoms with van der Waals surface area (Å²) >= 11 is 0. The molecule has 4 aromatic rings. The number of hydrogen-bond donors (Lipinski definition) is 0. The summed E-state index contributed by atoms with van der Waals surface area (Å²) in [6.45, 7) is 0. The molecule has 1 heterocycles. The average molecular weight is 244 g/mol. The standard InChI is InChI=1S/C18H12O/c1-2-6-13(7-3-1)17-16-9-5-4-8-14(16)12-15-10-11-19-18(15)17/h1-12H. The highest BCUT2D eigenvalue weighted by molar-refractivity contribution is 6.10. The van der Waals surface area contributed by atoms with Crippen molar-refractivity contribution in [2.24, 2.45) is 0 Å². The quantitative estimate of drug-likeness (QED) is 0.445. The summed E-state index contributed by atoms with van der Waals surface area (Å²) in [6.07, 6.45) is 1.76. The fourth-order valence-corrected chi connectivity index (χ4v) is 2.67. The summed E-state index contributed by atoms with van der Waals surface area (Å²) in [5, 5.41) is 3.63. The van der Waals surface area contributed by atoms with Gasteiger partial charge in [-0.25, -0.2) is 0 Å². The van der Waals surface area contributed by atoms with E-state index in [2.05, 4.69) is 54.6 Å². The zero-order chi connectivity index (χ0) is 12.7. The second-order valence-electron chi connectivity index (χ2n) is 4.68. The third kappa shape index (κ3) is 1.55. The van der Waals surface area contributed by atoms with Gasteiger partial charge < -0.3 is 4.42 Å². The number of benzene rings is 3. The van der Waals surface area contributed by atoms with Gasteiger partial charge in [0.2, 0.25) is 0 Å². The van der Waals surface area contributed by atoms with Crippen molar-refractivity contribution >= 4 is 21.7 Å². The Balaban J connectivity index is 2.23. The zero-order valence-electron chi connectivity index (χ0n) is 10.3. The molecular weight excluding hydrogens is 232 g/mol. The summed E-state index contributed by atoms with van der Waals surface area (Å²) in [4.78, 5) is 0. The molecule has 0 radical (unpaired) electrons. The molecule has 0 saturated heterocycles. The minimum atomic E-state index is 0.963. The minimum Gasteiger partial charge on any atom is -0.464 e. The molecule has 1 nitrogen and oxygen atoms in total. The van der Waals surface area contributed by atoms with Gasteiger partial charge >= 0.3 is 0 Å². The molecule has 0 amide bonds. The molecule has 0 unspecified atom stereocenters. The maximum absolute atomic E-state index is 5.71. The molecule has 0 aliphatic carbocycles. The molecule has 19 heavy (non-hydrogen) atoms. The Morgan fingerprint density at radius 2 is 1.47 bits per heavy atom. The fraction of sp³-hybridized carbons (Fsp3) is 0. The highest BCUT2D eigenvalue weighted by Gasteiger charge is 2.11. The van der Waals surface area contributed by atoms with Gasteiger partial charge in [-0.2, -0.15) is 0 Å². The largest absolute Gasteiger partial charge is 0.464 e. The predicted molar refractivity (Wildman–Crippen MR) is 79.2 cm³/mol. The fourth-order valence-electron chi connectivity index (χ4n) is 2.67. The van der Waals surface area contributed by atoms with Gasteiger partial charge in [0.05, 0.1) is 6.26 Å². The molecule has 4 rings (SSSR count). The summed E-state index contributed by atoms with van der Waals surface area (Å²) < 4.78 is 5.71. The van der Waals surface area contributed by atoms with E-state index in [0.717, 1.165) is 11.0 Å². The maximum atomic E-state index is 5.71. The van der Waals surface area contributed by atoms with Crippen molar-refractivity contribution in [1.29, 1.82) is 0 Å². The van der Waals surface area contributed by atoms with E-state index in [1.807, 2.05) is 12.1 Å². The Morgan fingerprint density at radius 3 is 2.37 bits per heavy atom. The first kappa shape index (κ1) is 10.4. The van der Waals surface area contributed by atoms with Gasteiger partial charge in [0.15, 0.2) is 0 Å². The van der Waals surface area contributed by atoms with Gasteiger partial charge in [-0.05, 0) is 28.5 Å². The van der Waals surface area contributed by atoms with Crippen LogP contribution in [0.4, 0.5) is 0 Å². The third-order valence-corrected chi connectivity index (χ3v) is 3.53. The highest BCUT2D eigenvalue weighted by atomic mass is 16.3. The first-order valence-electron chi connectivity index (χ1n) is 6.38. The summed E-state index contributed by atoms with van der Waals surface area (Å²) in [7, 11) is 0. The van der Waals surface area contributed by atoms with Gasteiger partial charge in [-0.3, -0.25) is 0 Å². The monoisotopic (exact) mass is 244 g/mol. The van der Waals surface area contributed by atoms with Gasteiger partial charge in [-0.15, -0.1) is 0 Å². The number of hydrogen-bond acceptors (Lipinski definition) is 1.